The van der Waals surface area contributed by atoms with Crippen molar-refractivity contribution < 1.29 is 14.7 Å². The van der Waals surface area contributed by atoms with Gasteiger partial charge in [-0.25, -0.2) is 4.79 Å². The number of rotatable bonds is 5. The summed E-state index contributed by atoms with van der Waals surface area (Å²) in [6, 6.07) is 3.97. The normalized spacial score (nSPS) is 11.8. The Morgan fingerprint density at radius 2 is 2.00 bits per heavy atom. The first-order valence-electron chi connectivity index (χ1n) is 6.09. The van der Waals surface area contributed by atoms with Crippen LogP contribution in [0.5, 0.6) is 0 Å². The van der Waals surface area contributed by atoms with Crippen molar-refractivity contribution in [2.45, 2.75) is 26.3 Å². The first-order valence-corrected chi connectivity index (χ1v) is 6.85. The molecule has 0 spiro atoms. The predicted molar refractivity (Wildman–Crippen MR) is 79.6 cm³/mol. The molecule has 1 unspecified atom stereocenters. The highest BCUT2D eigenvalue weighted by molar-refractivity contribution is 6.42. The van der Waals surface area contributed by atoms with Crippen LogP contribution >= 0.6 is 23.2 Å². The van der Waals surface area contributed by atoms with Gasteiger partial charge in [0.05, 0.1) is 16.5 Å². The second-order valence-corrected chi connectivity index (χ2v) is 5.11. The molecule has 0 aromatic heterocycles. The van der Waals surface area contributed by atoms with E-state index in [0.717, 1.165) is 0 Å². The van der Waals surface area contributed by atoms with Crippen LogP contribution in [0.1, 0.15) is 20.3 Å². The van der Waals surface area contributed by atoms with Crippen molar-refractivity contribution in [3.05, 3.63) is 28.2 Å². The fraction of sp³-hybridized carbons (Fsp3) is 0.385. The number of halogens is 2. The number of hydrogen-bond acceptors (Lipinski definition) is 2. The van der Waals surface area contributed by atoms with E-state index in [-0.39, 0.29) is 12.5 Å². The number of benzene rings is 1. The van der Waals surface area contributed by atoms with E-state index >= 15 is 0 Å². The molecule has 0 aliphatic rings. The number of nitrogens with one attached hydrogen (secondary N) is 1. The first-order chi connectivity index (χ1) is 9.35. The molecule has 2 amide bonds. The van der Waals surface area contributed by atoms with Gasteiger partial charge in [0.25, 0.3) is 0 Å². The number of hydrogen-bond donors (Lipinski definition) is 2. The van der Waals surface area contributed by atoms with Gasteiger partial charge in [-0.3, -0.25) is 4.79 Å². The zero-order chi connectivity index (χ0) is 15.3. The number of amides is 2. The molecule has 0 heterocycles. The van der Waals surface area contributed by atoms with Crippen molar-refractivity contribution in [1.82, 2.24) is 4.90 Å². The van der Waals surface area contributed by atoms with Gasteiger partial charge in [0.1, 0.15) is 0 Å². The number of urea groups is 1. The van der Waals surface area contributed by atoms with E-state index in [4.69, 9.17) is 28.3 Å². The molecule has 0 aliphatic heterocycles. The molecule has 1 aromatic rings. The van der Waals surface area contributed by atoms with Crippen molar-refractivity contribution in [2.75, 3.05) is 11.9 Å². The van der Waals surface area contributed by atoms with Gasteiger partial charge in [-0.1, -0.05) is 23.2 Å². The number of carboxylic acid groups (broad SMARTS) is 1. The summed E-state index contributed by atoms with van der Waals surface area (Å²) >= 11 is 11.7. The highest BCUT2D eigenvalue weighted by Gasteiger charge is 2.20. The summed E-state index contributed by atoms with van der Waals surface area (Å²) in [5.41, 5.74) is 0.505. The van der Waals surface area contributed by atoms with E-state index in [1.807, 2.05) is 0 Å². The van der Waals surface area contributed by atoms with Gasteiger partial charge in [0.2, 0.25) is 0 Å². The van der Waals surface area contributed by atoms with E-state index < -0.39 is 12.0 Å². The molecule has 0 fully saturated rings. The molecule has 2 N–H and O–H groups in total. The van der Waals surface area contributed by atoms with Crippen LogP contribution in [-0.4, -0.2) is 34.6 Å². The molecule has 1 rings (SSSR count). The minimum atomic E-state index is -0.946. The van der Waals surface area contributed by atoms with Crippen LogP contribution in [0.25, 0.3) is 0 Å². The minimum Gasteiger partial charge on any atom is -0.481 e. The molecule has 0 bridgehead atoms. The van der Waals surface area contributed by atoms with Crippen molar-refractivity contribution >= 4 is 40.9 Å². The predicted octanol–water partition coefficient (Wildman–Crippen LogP) is 3.71. The Morgan fingerprint density at radius 3 is 2.50 bits per heavy atom. The largest absolute Gasteiger partial charge is 0.481 e. The van der Waals surface area contributed by atoms with E-state index in [9.17, 15) is 9.59 Å². The third kappa shape index (κ3) is 4.58. The van der Waals surface area contributed by atoms with Crippen LogP contribution in [0.3, 0.4) is 0 Å². The summed E-state index contributed by atoms with van der Waals surface area (Å²) in [5.74, 6) is -0.946. The Morgan fingerprint density at radius 1 is 1.35 bits per heavy atom. The SMILES string of the molecule is CCN(C(=O)Nc1ccc(Cl)c(Cl)c1)C(C)CC(=O)O. The Hall–Kier alpha value is -1.46. The summed E-state index contributed by atoms with van der Waals surface area (Å²) in [6.07, 6.45) is -0.108. The molecule has 110 valence electrons. The number of carbonyl (C=O) groups excluding carboxylic acids is 1. The Bertz CT molecular complexity index is 508. The summed E-state index contributed by atoms with van der Waals surface area (Å²) < 4.78 is 0. The number of aliphatic carboxylic acids is 1. The van der Waals surface area contributed by atoms with Crippen molar-refractivity contribution in [3.63, 3.8) is 0 Å². The van der Waals surface area contributed by atoms with Crippen LogP contribution in [0.2, 0.25) is 10.0 Å². The number of carboxylic acids is 1. The number of nitrogens with zero attached hydrogens (tertiary/aromatic N) is 1. The van der Waals surface area contributed by atoms with Gasteiger partial charge in [-0.05, 0) is 32.0 Å². The second-order valence-electron chi connectivity index (χ2n) is 4.29. The molecular weight excluding hydrogens is 303 g/mol. The second kappa shape index (κ2) is 7.36. The molecule has 0 radical (unpaired) electrons. The van der Waals surface area contributed by atoms with Gasteiger partial charge in [0.15, 0.2) is 0 Å². The maximum atomic E-state index is 12.1. The molecule has 0 saturated carbocycles. The van der Waals surface area contributed by atoms with Crippen molar-refractivity contribution in [3.8, 4) is 0 Å². The summed E-state index contributed by atoms with van der Waals surface area (Å²) in [4.78, 5) is 24.3. The smallest absolute Gasteiger partial charge is 0.322 e. The summed E-state index contributed by atoms with van der Waals surface area (Å²) in [7, 11) is 0. The minimum absolute atomic E-state index is 0.108. The Kier molecular flexibility index (Phi) is 6.10. The highest BCUT2D eigenvalue weighted by atomic mass is 35.5. The Labute approximate surface area is 127 Å². The lowest BCUT2D eigenvalue weighted by atomic mass is 10.2. The zero-order valence-corrected chi connectivity index (χ0v) is 12.7. The summed E-state index contributed by atoms with van der Waals surface area (Å²) in [5, 5.41) is 12.2. The number of anilines is 1. The lowest BCUT2D eigenvalue weighted by Crippen LogP contribution is -2.42. The first kappa shape index (κ1) is 16.6. The van der Waals surface area contributed by atoms with Gasteiger partial charge in [0, 0.05) is 18.3 Å². The van der Waals surface area contributed by atoms with Gasteiger partial charge in [-0.2, -0.15) is 0 Å². The van der Waals surface area contributed by atoms with Crippen LogP contribution in [0, 0.1) is 0 Å². The lowest BCUT2D eigenvalue weighted by molar-refractivity contribution is -0.137. The molecule has 1 aromatic carbocycles. The highest BCUT2D eigenvalue weighted by Crippen LogP contribution is 2.25. The van der Waals surface area contributed by atoms with E-state index in [0.29, 0.717) is 22.3 Å². The van der Waals surface area contributed by atoms with E-state index in [1.165, 1.54) is 11.0 Å². The molecule has 0 saturated heterocycles. The maximum Gasteiger partial charge on any atom is 0.322 e. The average molecular weight is 319 g/mol. The fourth-order valence-corrected chi connectivity index (χ4v) is 2.09. The van der Waals surface area contributed by atoms with Crippen LogP contribution in [0.15, 0.2) is 18.2 Å². The standard InChI is InChI=1S/C13H16Cl2N2O3/c1-3-17(8(2)6-12(18)19)13(20)16-9-4-5-10(14)11(15)7-9/h4-5,7-8H,3,6H2,1-2H3,(H,16,20)(H,18,19). The lowest BCUT2D eigenvalue weighted by Gasteiger charge is -2.27. The summed E-state index contributed by atoms with van der Waals surface area (Å²) in [6.45, 7) is 3.88. The third-order valence-electron chi connectivity index (χ3n) is 2.77. The third-order valence-corrected chi connectivity index (χ3v) is 3.51. The van der Waals surface area contributed by atoms with Gasteiger partial charge >= 0.3 is 12.0 Å². The maximum absolute atomic E-state index is 12.1. The quantitative estimate of drug-likeness (QED) is 0.869. The van der Waals surface area contributed by atoms with Gasteiger partial charge in [-0.15, -0.1) is 0 Å². The van der Waals surface area contributed by atoms with Crippen molar-refractivity contribution in [2.24, 2.45) is 0 Å². The average Bonchev–Trinajstić information content (AvgIpc) is 2.33. The van der Waals surface area contributed by atoms with Gasteiger partial charge < -0.3 is 15.3 Å². The van der Waals surface area contributed by atoms with E-state index in [2.05, 4.69) is 5.32 Å². The molecule has 5 nitrogen and oxygen atoms in total. The van der Waals surface area contributed by atoms with Crippen LogP contribution in [-0.2, 0) is 4.79 Å². The zero-order valence-electron chi connectivity index (χ0n) is 11.2. The van der Waals surface area contributed by atoms with Crippen molar-refractivity contribution in [1.29, 1.82) is 0 Å². The van der Waals surface area contributed by atoms with Crippen LogP contribution in [0.4, 0.5) is 10.5 Å². The Balaban J connectivity index is 2.76. The fourth-order valence-electron chi connectivity index (χ4n) is 1.79. The van der Waals surface area contributed by atoms with Crippen LogP contribution < -0.4 is 5.32 Å². The molecule has 1 atom stereocenters. The number of carbonyl (C=O) groups is 2. The topological polar surface area (TPSA) is 69.6 Å². The monoisotopic (exact) mass is 318 g/mol. The molecule has 0 aliphatic carbocycles. The molecule has 20 heavy (non-hydrogen) atoms. The van der Waals surface area contributed by atoms with E-state index in [1.54, 1.807) is 26.0 Å². The molecule has 7 heteroatoms. The molecular formula is C13H16Cl2N2O3.